The lowest BCUT2D eigenvalue weighted by Crippen LogP contribution is -2.25. The number of hydrogen-bond acceptors (Lipinski definition) is 2. The zero-order valence-corrected chi connectivity index (χ0v) is 6.36. The lowest BCUT2D eigenvalue weighted by Gasteiger charge is -2.12. The largest absolute Gasteiger partial charge is 0.384 e. The number of halogens is 4. The van der Waals surface area contributed by atoms with Crippen LogP contribution < -0.4 is 0 Å². The summed E-state index contributed by atoms with van der Waals surface area (Å²) in [6, 6.07) is 0. The summed E-state index contributed by atoms with van der Waals surface area (Å²) < 4.78 is 54.8. The highest BCUT2D eigenvalue weighted by Gasteiger charge is 2.29. The zero-order chi connectivity index (χ0) is 9.45. The van der Waals surface area contributed by atoms with Gasteiger partial charge in [0.2, 0.25) is 0 Å². The van der Waals surface area contributed by atoms with Gasteiger partial charge in [-0.25, -0.2) is 8.78 Å². The van der Waals surface area contributed by atoms with Gasteiger partial charge >= 0.3 is 6.11 Å². The zero-order valence-electron chi connectivity index (χ0n) is 6.36. The molecule has 0 unspecified atom stereocenters. The highest BCUT2D eigenvalue weighted by molar-refractivity contribution is 4.47. The minimum absolute atomic E-state index is 0.162. The lowest BCUT2D eigenvalue weighted by atomic mass is 10.6. The number of alkyl halides is 4. The van der Waals surface area contributed by atoms with Gasteiger partial charge in [0.15, 0.2) is 6.67 Å². The maximum atomic E-state index is 11.9. The van der Waals surface area contributed by atoms with Gasteiger partial charge in [0.25, 0.3) is 0 Å². The summed E-state index contributed by atoms with van der Waals surface area (Å²) in [7, 11) is 0. The van der Waals surface area contributed by atoms with E-state index in [9.17, 15) is 17.6 Å². The summed E-state index contributed by atoms with van der Waals surface area (Å²) in [4.78, 5) is 0. The first-order valence-corrected chi connectivity index (χ1v) is 3.34. The fourth-order valence-corrected chi connectivity index (χ4v) is 0.445. The van der Waals surface area contributed by atoms with E-state index in [4.69, 9.17) is 0 Å². The van der Waals surface area contributed by atoms with E-state index in [2.05, 4.69) is 9.47 Å². The fourth-order valence-electron chi connectivity index (χ4n) is 0.445. The van der Waals surface area contributed by atoms with E-state index in [-0.39, 0.29) is 13.2 Å². The third kappa shape index (κ3) is 6.36. The molecule has 0 heterocycles. The van der Waals surface area contributed by atoms with Crippen LogP contribution in [0.2, 0.25) is 0 Å². The molecule has 0 aliphatic rings. The van der Waals surface area contributed by atoms with E-state index in [1.165, 1.54) is 0 Å². The summed E-state index contributed by atoms with van der Waals surface area (Å²) in [5.41, 5.74) is 0. The molecule has 0 aromatic heterocycles. The third-order valence-corrected chi connectivity index (χ3v) is 0.918. The standard InChI is InChI=1S/C6H10F4O2/c7-1-2-11-3-4-12-6(9,10)5-8/h1-5H2. The Morgan fingerprint density at radius 2 is 1.67 bits per heavy atom. The molecule has 6 heteroatoms. The summed E-state index contributed by atoms with van der Waals surface area (Å²) in [6.07, 6.45) is -3.75. The smallest absolute Gasteiger partial charge is 0.376 e. The molecule has 0 aliphatic heterocycles. The maximum absolute atomic E-state index is 11.9. The molecule has 12 heavy (non-hydrogen) atoms. The summed E-state index contributed by atoms with van der Waals surface area (Å²) in [6.45, 7) is -3.32. The van der Waals surface area contributed by atoms with Crippen molar-refractivity contribution >= 4 is 0 Å². The van der Waals surface area contributed by atoms with Crippen LogP contribution in [0.1, 0.15) is 0 Å². The van der Waals surface area contributed by atoms with Gasteiger partial charge in [0, 0.05) is 0 Å². The first-order valence-electron chi connectivity index (χ1n) is 3.34. The Morgan fingerprint density at radius 1 is 1.00 bits per heavy atom. The lowest BCUT2D eigenvalue weighted by molar-refractivity contribution is -0.250. The second-order valence-corrected chi connectivity index (χ2v) is 1.92. The normalized spacial score (nSPS) is 12.0. The highest BCUT2D eigenvalue weighted by atomic mass is 19.3. The third-order valence-electron chi connectivity index (χ3n) is 0.918. The average molecular weight is 190 g/mol. The molecule has 0 aromatic carbocycles. The van der Waals surface area contributed by atoms with Crippen LogP contribution in [0.4, 0.5) is 17.6 Å². The summed E-state index contributed by atoms with van der Waals surface area (Å²) in [5, 5.41) is 0. The van der Waals surface area contributed by atoms with Crippen LogP contribution in [0, 0.1) is 0 Å². The molecule has 0 bridgehead atoms. The Labute approximate surface area is 67.5 Å². The summed E-state index contributed by atoms with van der Waals surface area (Å²) in [5.74, 6) is 0. The monoisotopic (exact) mass is 190 g/mol. The number of hydrogen-bond donors (Lipinski definition) is 0. The molecule has 0 saturated carbocycles. The van der Waals surface area contributed by atoms with Crippen molar-refractivity contribution in [3.05, 3.63) is 0 Å². The minimum atomic E-state index is -3.75. The predicted molar refractivity (Wildman–Crippen MR) is 33.7 cm³/mol. The van der Waals surface area contributed by atoms with Crippen molar-refractivity contribution in [1.29, 1.82) is 0 Å². The van der Waals surface area contributed by atoms with Crippen LogP contribution in [-0.2, 0) is 9.47 Å². The van der Waals surface area contributed by atoms with E-state index in [1.54, 1.807) is 0 Å². The van der Waals surface area contributed by atoms with Gasteiger partial charge in [0.05, 0.1) is 19.8 Å². The molecule has 0 N–H and O–H groups in total. The van der Waals surface area contributed by atoms with Gasteiger partial charge in [0.1, 0.15) is 6.67 Å². The van der Waals surface area contributed by atoms with Crippen molar-refractivity contribution in [2.24, 2.45) is 0 Å². The van der Waals surface area contributed by atoms with Crippen molar-refractivity contribution in [2.45, 2.75) is 6.11 Å². The Bertz CT molecular complexity index is 110. The van der Waals surface area contributed by atoms with Crippen molar-refractivity contribution in [3.63, 3.8) is 0 Å². The molecule has 0 atom stereocenters. The summed E-state index contributed by atoms with van der Waals surface area (Å²) >= 11 is 0. The predicted octanol–water partition coefficient (Wildman–Crippen LogP) is 1.55. The SMILES string of the molecule is FCCOCCOC(F)(F)CF. The first-order chi connectivity index (χ1) is 5.62. The molecule has 74 valence electrons. The highest BCUT2D eigenvalue weighted by Crippen LogP contribution is 2.14. The van der Waals surface area contributed by atoms with Crippen LogP contribution in [0.3, 0.4) is 0 Å². The van der Waals surface area contributed by atoms with Crippen molar-refractivity contribution < 1.29 is 27.0 Å². The first kappa shape index (κ1) is 11.6. The molecule has 0 radical (unpaired) electrons. The molecule has 0 saturated heterocycles. The van der Waals surface area contributed by atoms with E-state index in [0.717, 1.165) is 0 Å². The van der Waals surface area contributed by atoms with Crippen LogP contribution in [-0.4, -0.2) is 39.3 Å². The fraction of sp³-hybridized carbons (Fsp3) is 1.00. The Balaban J connectivity index is 3.19. The second kappa shape index (κ2) is 6.19. The Morgan fingerprint density at radius 3 is 2.17 bits per heavy atom. The van der Waals surface area contributed by atoms with Crippen molar-refractivity contribution in [1.82, 2.24) is 0 Å². The van der Waals surface area contributed by atoms with E-state index >= 15 is 0 Å². The van der Waals surface area contributed by atoms with Gasteiger partial charge in [-0.1, -0.05) is 0 Å². The molecule has 0 fully saturated rings. The average Bonchev–Trinajstić information content (AvgIpc) is 2.04. The molecule has 0 spiro atoms. The second-order valence-electron chi connectivity index (χ2n) is 1.92. The van der Waals surface area contributed by atoms with Gasteiger partial charge in [-0.05, 0) is 0 Å². The van der Waals surface area contributed by atoms with Gasteiger partial charge in [-0.3, -0.25) is 0 Å². The van der Waals surface area contributed by atoms with E-state index < -0.39 is 26.1 Å². The molecule has 0 aromatic rings. The molecular formula is C6H10F4O2. The molecule has 0 aliphatic carbocycles. The van der Waals surface area contributed by atoms with Gasteiger partial charge in [-0.2, -0.15) is 8.78 Å². The molecule has 0 amide bonds. The van der Waals surface area contributed by atoms with Crippen molar-refractivity contribution in [3.8, 4) is 0 Å². The minimum Gasteiger partial charge on any atom is -0.376 e. The molecule has 0 rings (SSSR count). The number of ether oxygens (including phenoxy) is 2. The van der Waals surface area contributed by atoms with Crippen LogP contribution in [0.15, 0.2) is 0 Å². The van der Waals surface area contributed by atoms with Gasteiger partial charge < -0.3 is 9.47 Å². The Kier molecular flexibility index (Phi) is 6.00. The number of rotatable bonds is 7. The van der Waals surface area contributed by atoms with Crippen LogP contribution in [0.5, 0.6) is 0 Å². The quantitative estimate of drug-likeness (QED) is 0.448. The van der Waals surface area contributed by atoms with Crippen LogP contribution >= 0.6 is 0 Å². The van der Waals surface area contributed by atoms with Crippen LogP contribution in [0.25, 0.3) is 0 Å². The van der Waals surface area contributed by atoms with E-state index in [1.807, 2.05) is 0 Å². The van der Waals surface area contributed by atoms with Crippen molar-refractivity contribution in [2.75, 3.05) is 33.2 Å². The van der Waals surface area contributed by atoms with E-state index in [0.29, 0.717) is 0 Å². The maximum Gasteiger partial charge on any atom is 0.384 e. The topological polar surface area (TPSA) is 18.5 Å². The molecule has 2 nitrogen and oxygen atoms in total. The molecular weight excluding hydrogens is 180 g/mol. The van der Waals surface area contributed by atoms with Gasteiger partial charge in [-0.15, -0.1) is 0 Å². The Hall–Kier alpha value is -0.360.